The van der Waals surface area contributed by atoms with Crippen molar-refractivity contribution in [1.29, 1.82) is 0 Å². The molecule has 63 heavy (non-hydrogen) atoms. The Bertz CT molecular complexity index is 3710. The summed E-state index contributed by atoms with van der Waals surface area (Å²) in [5.74, 6) is 1.69. The lowest BCUT2D eigenvalue weighted by molar-refractivity contribution is 0.666. The summed E-state index contributed by atoms with van der Waals surface area (Å²) in [6, 6.07) is 77.2. The Kier molecular flexibility index (Phi) is 7.75. The van der Waals surface area contributed by atoms with E-state index in [9.17, 15) is 0 Å². The molecule has 1 aliphatic rings. The van der Waals surface area contributed by atoms with Gasteiger partial charge in [0, 0.05) is 21.5 Å². The van der Waals surface area contributed by atoms with Crippen LogP contribution in [0, 0.1) is 0 Å². The van der Waals surface area contributed by atoms with Gasteiger partial charge in [0.25, 0.3) is 0 Å². The molecule has 0 fully saturated rings. The highest BCUT2D eigenvalue weighted by atomic mass is 16.3. The summed E-state index contributed by atoms with van der Waals surface area (Å²) in [5, 5.41) is 4.33. The first-order valence-corrected chi connectivity index (χ1v) is 21.4. The molecule has 0 N–H and O–H groups in total. The first kappa shape index (κ1) is 35.4. The number of hydrogen-bond acceptors (Lipinski definition) is 4. The maximum absolute atomic E-state index is 6.72. The SMILES string of the molecule is c1ccc(-c2cccc(C3(c4nc(-c5cccc6c5oc5ccccc56)nc(-n5c6ccccc6c6c(-c7ccccc7)cccc65)n4)c4ccccc4-c4ccccc43)c2)cc1. The molecular formula is C58H36N4O. The Balaban J connectivity index is 1.18. The van der Waals surface area contributed by atoms with Crippen LogP contribution in [0.4, 0.5) is 0 Å². The summed E-state index contributed by atoms with van der Waals surface area (Å²) in [6.07, 6.45) is 0. The minimum absolute atomic E-state index is 0.528. The summed E-state index contributed by atoms with van der Waals surface area (Å²) in [4.78, 5) is 17.0. The predicted molar refractivity (Wildman–Crippen MR) is 255 cm³/mol. The third-order valence-electron chi connectivity index (χ3n) is 12.9. The van der Waals surface area contributed by atoms with Crippen LogP contribution in [-0.4, -0.2) is 19.5 Å². The molecule has 5 heteroatoms. The van der Waals surface area contributed by atoms with Gasteiger partial charge in [-0.15, -0.1) is 0 Å². The molecule has 3 heterocycles. The van der Waals surface area contributed by atoms with Gasteiger partial charge >= 0.3 is 0 Å². The average Bonchev–Trinajstić information content (AvgIpc) is 4.01. The quantitative estimate of drug-likeness (QED) is 0.168. The van der Waals surface area contributed by atoms with E-state index in [0.717, 1.165) is 99.4 Å². The van der Waals surface area contributed by atoms with Crippen LogP contribution < -0.4 is 0 Å². The summed E-state index contributed by atoms with van der Waals surface area (Å²) in [7, 11) is 0. The van der Waals surface area contributed by atoms with Crippen LogP contribution in [0.2, 0.25) is 0 Å². The second kappa shape index (κ2) is 13.8. The molecule has 0 saturated heterocycles. The predicted octanol–water partition coefficient (Wildman–Crippen LogP) is 14.2. The van der Waals surface area contributed by atoms with Crippen LogP contribution in [0.5, 0.6) is 0 Å². The van der Waals surface area contributed by atoms with Gasteiger partial charge in [-0.05, 0) is 80.4 Å². The van der Waals surface area contributed by atoms with E-state index >= 15 is 0 Å². The molecule has 12 aromatic rings. The zero-order valence-corrected chi connectivity index (χ0v) is 34.0. The van der Waals surface area contributed by atoms with Crippen molar-refractivity contribution in [3.8, 4) is 50.7 Å². The Labute approximate surface area is 363 Å². The number of furan rings is 1. The van der Waals surface area contributed by atoms with E-state index in [1.807, 2.05) is 12.1 Å². The lowest BCUT2D eigenvalue weighted by atomic mass is 9.71. The minimum Gasteiger partial charge on any atom is -0.455 e. The van der Waals surface area contributed by atoms with E-state index in [1.165, 1.54) is 0 Å². The van der Waals surface area contributed by atoms with Crippen LogP contribution in [-0.2, 0) is 5.41 Å². The van der Waals surface area contributed by atoms with Gasteiger partial charge in [0.1, 0.15) is 16.6 Å². The van der Waals surface area contributed by atoms with Crippen LogP contribution in [0.15, 0.2) is 223 Å². The molecule has 9 aromatic carbocycles. The maximum Gasteiger partial charge on any atom is 0.238 e. The van der Waals surface area contributed by atoms with Crippen LogP contribution >= 0.6 is 0 Å². The lowest BCUT2D eigenvalue weighted by Crippen LogP contribution is -2.32. The molecule has 0 amide bonds. The molecule has 13 rings (SSSR count). The van der Waals surface area contributed by atoms with Crippen LogP contribution in [0.3, 0.4) is 0 Å². The third-order valence-corrected chi connectivity index (χ3v) is 12.9. The van der Waals surface area contributed by atoms with Crippen molar-refractivity contribution < 1.29 is 4.42 Å². The topological polar surface area (TPSA) is 56.7 Å². The van der Waals surface area contributed by atoms with Gasteiger partial charge in [0.2, 0.25) is 5.95 Å². The summed E-state index contributed by atoms with van der Waals surface area (Å²) in [6.45, 7) is 0. The molecule has 0 aliphatic heterocycles. The van der Waals surface area contributed by atoms with Crippen LogP contribution in [0.25, 0.3) is 94.5 Å². The smallest absolute Gasteiger partial charge is 0.238 e. The highest BCUT2D eigenvalue weighted by Crippen LogP contribution is 2.56. The molecule has 0 atom stereocenters. The molecule has 3 aromatic heterocycles. The number of nitrogens with zero attached hydrogens (tertiary/aromatic N) is 4. The number of rotatable bonds is 6. The second-order valence-electron chi connectivity index (χ2n) is 16.3. The van der Waals surface area contributed by atoms with Gasteiger partial charge in [-0.3, -0.25) is 4.57 Å². The molecule has 0 bridgehead atoms. The van der Waals surface area contributed by atoms with E-state index in [1.54, 1.807) is 0 Å². The molecule has 0 radical (unpaired) electrons. The Hall–Kier alpha value is -8.41. The normalized spacial score (nSPS) is 12.9. The fraction of sp³-hybridized carbons (Fsp3) is 0.0172. The largest absolute Gasteiger partial charge is 0.455 e. The Morgan fingerprint density at radius 3 is 1.76 bits per heavy atom. The van der Waals surface area contributed by atoms with Crippen molar-refractivity contribution in [2.75, 3.05) is 0 Å². The molecule has 0 saturated carbocycles. The maximum atomic E-state index is 6.72. The fourth-order valence-corrected chi connectivity index (χ4v) is 10.2. The monoisotopic (exact) mass is 804 g/mol. The Morgan fingerprint density at radius 2 is 0.968 bits per heavy atom. The molecule has 1 aliphatic carbocycles. The highest BCUT2D eigenvalue weighted by Gasteiger charge is 2.49. The van der Waals surface area contributed by atoms with E-state index in [0.29, 0.717) is 17.6 Å². The van der Waals surface area contributed by atoms with Gasteiger partial charge in [-0.2, -0.15) is 9.97 Å². The van der Waals surface area contributed by atoms with Crippen molar-refractivity contribution in [2.45, 2.75) is 5.41 Å². The Morgan fingerprint density at radius 1 is 0.397 bits per heavy atom. The van der Waals surface area contributed by atoms with E-state index in [4.69, 9.17) is 19.4 Å². The van der Waals surface area contributed by atoms with Crippen LogP contribution in [0.1, 0.15) is 22.5 Å². The van der Waals surface area contributed by atoms with Crippen molar-refractivity contribution in [2.24, 2.45) is 0 Å². The minimum atomic E-state index is -0.930. The van der Waals surface area contributed by atoms with Gasteiger partial charge in [-0.1, -0.05) is 188 Å². The molecular weight excluding hydrogens is 769 g/mol. The van der Waals surface area contributed by atoms with E-state index in [2.05, 4.69) is 211 Å². The van der Waals surface area contributed by atoms with Crippen molar-refractivity contribution in [3.63, 3.8) is 0 Å². The summed E-state index contributed by atoms with van der Waals surface area (Å²) < 4.78 is 8.95. The van der Waals surface area contributed by atoms with Gasteiger partial charge in [-0.25, -0.2) is 4.98 Å². The third kappa shape index (κ3) is 5.20. The number of benzene rings is 9. The van der Waals surface area contributed by atoms with E-state index in [-0.39, 0.29) is 0 Å². The number of aromatic nitrogens is 4. The lowest BCUT2D eigenvalue weighted by Gasteiger charge is -2.32. The van der Waals surface area contributed by atoms with Gasteiger partial charge in [0.15, 0.2) is 11.6 Å². The van der Waals surface area contributed by atoms with Gasteiger partial charge in [0.05, 0.1) is 16.6 Å². The standard InChI is InChI=1S/C58H36N4O/c1-3-18-37(19-4-1)39-22-15-23-40(36-39)58(48-31-11-7-24-42(48)43-25-8-12-32-49(43)58)56-59-55(47-30-16-29-45-44-26-10-14-35-52(44)63-54(45)47)60-57(61-56)62-50-33-13-9-27-46(50)53-41(28-17-34-51(53)62)38-20-5-2-6-21-38/h1-36H. The molecule has 294 valence electrons. The van der Waals surface area contributed by atoms with Crippen molar-refractivity contribution in [3.05, 3.63) is 241 Å². The zero-order valence-electron chi connectivity index (χ0n) is 34.0. The number of hydrogen-bond donors (Lipinski definition) is 0. The molecule has 0 unspecified atom stereocenters. The number of fused-ring (bicyclic) bond motifs is 9. The number of para-hydroxylation sites is 3. The summed E-state index contributed by atoms with van der Waals surface area (Å²) in [5.41, 5.74) is 13.6. The van der Waals surface area contributed by atoms with E-state index < -0.39 is 5.41 Å². The molecule has 5 nitrogen and oxygen atoms in total. The highest BCUT2D eigenvalue weighted by molar-refractivity contribution is 6.15. The fourth-order valence-electron chi connectivity index (χ4n) is 10.2. The first-order chi connectivity index (χ1) is 31.3. The summed E-state index contributed by atoms with van der Waals surface area (Å²) >= 11 is 0. The van der Waals surface area contributed by atoms with Crippen molar-refractivity contribution >= 4 is 43.7 Å². The van der Waals surface area contributed by atoms with Crippen molar-refractivity contribution in [1.82, 2.24) is 19.5 Å². The zero-order chi connectivity index (χ0) is 41.5. The van der Waals surface area contributed by atoms with Gasteiger partial charge < -0.3 is 4.42 Å². The first-order valence-electron chi connectivity index (χ1n) is 21.4. The average molecular weight is 805 g/mol. The second-order valence-corrected chi connectivity index (χ2v) is 16.3. The molecule has 0 spiro atoms.